The molecule has 1 aromatic heterocycles. The topological polar surface area (TPSA) is 82.0 Å². The molecule has 2 aromatic rings. The summed E-state index contributed by atoms with van der Waals surface area (Å²) in [6.07, 6.45) is 1.49. The van der Waals surface area contributed by atoms with Gasteiger partial charge in [-0.25, -0.2) is 4.98 Å². The number of carbonyl (C=O) groups excluding carboxylic acids is 1. The lowest BCUT2D eigenvalue weighted by molar-refractivity contribution is 0.0997. The van der Waals surface area contributed by atoms with Gasteiger partial charge in [0.25, 0.3) is 5.91 Å². The number of primary amides is 1. The highest BCUT2D eigenvalue weighted by atomic mass is 35.5. The zero-order valence-corrected chi connectivity index (χ0v) is 10.8. The third kappa shape index (κ3) is 2.94. The van der Waals surface area contributed by atoms with Gasteiger partial charge in [0.05, 0.1) is 17.4 Å². The molecule has 0 radical (unpaired) electrons. The van der Waals surface area contributed by atoms with Crippen LogP contribution in [-0.4, -0.2) is 10.9 Å². The van der Waals surface area contributed by atoms with E-state index in [9.17, 15) is 4.79 Å². The monoisotopic (exact) mass is 279 g/mol. The average Bonchev–Trinajstić information content (AvgIpc) is 2.31. The summed E-state index contributed by atoms with van der Waals surface area (Å²) in [6.45, 7) is 0. The Balaban J connectivity index is 2.37. The van der Waals surface area contributed by atoms with E-state index in [1.54, 1.807) is 12.1 Å². The average molecular weight is 280 g/mol. The van der Waals surface area contributed by atoms with E-state index in [4.69, 9.17) is 23.1 Å². The van der Waals surface area contributed by atoms with Gasteiger partial charge in [0.2, 0.25) is 0 Å². The Morgan fingerprint density at radius 2 is 2.11 bits per heavy atom. The number of halogens is 1. The van der Waals surface area contributed by atoms with Gasteiger partial charge < -0.3 is 11.5 Å². The highest BCUT2D eigenvalue weighted by Crippen LogP contribution is 2.30. The number of nitrogens with zero attached hydrogens (tertiary/aromatic N) is 1. The number of hydrogen-bond donors (Lipinski definition) is 2. The largest absolute Gasteiger partial charge is 0.397 e. The first-order chi connectivity index (χ1) is 8.56. The number of hydrogen-bond acceptors (Lipinski definition) is 4. The van der Waals surface area contributed by atoms with Crippen molar-refractivity contribution in [3.8, 4) is 0 Å². The van der Waals surface area contributed by atoms with Crippen molar-refractivity contribution in [3.05, 3.63) is 47.1 Å². The van der Waals surface area contributed by atoms with Crippen molar-refractivity contribution >= 4 is 35.0 Å². The minimum absolute atomic E-state index is 0.306. The first-order valence-electron chi connectivity index (χ1n) is 5.05. The number of pyridine rings is 1. The Hall–Kier alpha value is -1.72. The molecule has 1 aromatic carbocycles. The van der Waals surface area contributed by atoms with Crippen LogP contribution in [0.1, 0.15) is 10.4 Å². The first kappa shape index (κ1) is 12.7. The zero-order chi connectivity index (χ0) is 13.1. The molecule has 0 saturated heterocycles. The van der Waals surface area contributed by atoms with Gasteiger partial charge >= 0.3 is 0 Å². The third-order valence-corrected chi connectivity index (χ3v) is 3.39. The summed E-state index contributed by atoms with van der Waals surface area (Å²) in [5.41, 5.74) is 11.6. The Morgan fingerprint density at radius 3 is 2.78 bits per heavy atom. The maximum absolute atomic E-state index is 11.3. The van der Waals surface area contributed by atoms with E-state index < -0.39 is 5.91 Å². The summed E-state index contributed by atoms with van der Waals surface area (Å²) >= 11 is 7.21. The molecule has 4 nitrogen and oxygen atoms in total. The minimum atomic E-state index is -0.556. The van der Waals surface area contributed by atoms with Gasteiger partial charge in [0.1, 0.15) is 5.03 Å². The second-order valence-corrected chi connectivity index (χ2v) is 5.04. The minimum Gasteiger partial charge on any atom is -0.397 e. The summed E-state index contributed by atoms with van der Waals surface area (Å²) in [7, 11) is 0. The van der Waals surface area contributed by atoms with Crippen molar-refractivity contribution in [2.75, 3.05) is 5.73 Å². The quantitative estimate of drug-likeness (QED) is 0.905. The van der Waals surface area contributed by atoms with E-state index in [-0.39, 0.29) is 0 Å². The Bertz CT molecular complexity index is 604. The van der Waals surface area contributed by atoms with Crippen molar-refractivity contribution < 1.29 is 4.79 Å². The van der Waals surface area contributed by atoms with E-state index in [1.165, 1.54) is 24.0 Å². The van der Waals surface area contributed by atoms with E-state index in [0.29, 0.717) is 21.3 Å². The van der Waals surface area contributed by atoms with Gasteiger partial charge in [-0.05, 0) is 24.3 Å². The first-order valence-corrected chi connectivity index (χ1v) is 6.24. The van der Waals surface area contributed by atoms with Crippen LogP contribution in [0.5, 0.6) is 0 Å². The predicted octanol–water partition coefficient (Wildman–Crippen LogP) is 2.57. The number of amides is 1. The highest BCUT2D eigenvalue weighted by molar-refractivity contribution is 7.99. The fraction of sp³-hybridized carbons (Fsp3) is 0. The molecule has 0 spiro atoms. The predicted molar refractivity (Wildman–Crippen MR) is 72.7 cm³/mol. The molecule has 6 heteroatoms. The molecule has 0 bridgehead atoms. The molecule has 4 N–H and O–H groups in total. The summed E-state index contributed by atoms with van der Waals surface area (Å²) in [6, 6.07) is 8.78. The number of rotatable bonds is 3. The van der Waals surface area contributed by atoms with Gasteiger partial charge in [-0.1, -0.05) is 29.4 Å². The SMILES string of the molecule is NC(=O)c1cc(N)cnc1Sc1cccc(Cl)c1. The molecule has 0 aliphatic heterocycles. The number of aromatic nitrogens is 1. The second kappa shape index (κ2) is 5.29. The van der Waals surface area contributed by atoms with E-state index >= 15 is 0 Å². The van der Waals surface area contributed by atoms with Crippen LogP contribution < -0.4 is 11.5 Å². The van der Waals surface area contributed by atoms with Crippen LogP contribution >= 0.6 is 23.4 Å². The lowest BCUT2D eigenvalue weighted by Crippen LogP contribution is -2.13. The summed E-state index contributed by atoms with van der Waals surface area (Å²) in [5.74, 6) is -0.556. The molecule has 0 fully saturated rings. The lowest BCUT2D eigenvalue weighted by atomic mass is 10.2. The Morgan fingerprint density at radius 1 is 1.33 bits per heavy atom. The van der Waals surface area contributed by atoms with Crippen molar-refractivity contribution in [1.29, 1.82) is 0 Å². The van der Waals surface area contributed by atoms with Crippen LogP contribution in [0.25, 0.3) is 0 Å². The number of benzene rings is 1. The molecule has 0 atom stereocenters. The number of carbonyl (C=O) groups is 1. The number of nitrogen functional groups attached to an aromatic ring is 1. The molecule has 1 amide bonds. The maximum Gasteiger partial charge on any atom is 0.251 e. The highest BCUT2D eigenvalue weighted by Gasteiger charge is 2.11. The summed E-state index contributed by atoms with van der Waals surface area (Å²) in [5, 5.41) is 1.13. The molecule has 0 aliphatic carbocycles. The van der Waals surface area contributed by atoms with Gasteiger partial charge in [-0.3, -0.25) is 4.79 Å². The molecular weight excluding hydrogens is 270 g/mol. The fourth-order valence-corrected chi connectivity index (χ4v) is 2.55. The van der Waals surface area contributed by atoms with Crippen molar-refractivity contribution in [2.24, 2.45) is 5.73 Å². The smallest absolute Gasteiger partial charge is 0.251 e. The molecule has 2 rings (SSSR count). The van der Waals surface area contributed by atoms with Crippen LogP contribution in [0.2, 0.25) is 5.02 Å². The molecule has 0 unspecified atom stereocenters. The van der Waals surface area contributed by atoms with Gasteiger partial charge in [-0.15, -0.1) is 0 Å². The van der Waals surface area contributed by atoms with Crippen LogP contribution in [0.15, 0.2) is 46.5 Å². The van der Waals surface area contributed by atoms with Gasteiger partial charge in [-0.2, -0.15) is 0 Å². The standard InChI is InChI=1S/C12H10ClN3OS/c13-7-2-1-3-9(4-7)18-12-10(11(15)17)5-8(14)6-16-12/h1-6H,14H2,(H2,15,17). The Kier molecular flexibility index (Phi) is 3.74. The van der Waals surface area contributed by atoms with Crippen molar-refractivity contribution in [1.82, 2.24) is 4.98 Å². The third-order valence-electron chi connectivity index (χ3n) is 2.15. The molecule has 92 valence electrons. The Labute approximate surface area is 113 Å². The zero-order valence-electron chi connectivity index (χ0n) is 9.26. The van der Waals surface area contributed by atoms with Crippen LogP contribution in [0.4, 0.5) is 5.69 Å². The molecule has 0 aliphatic rings. The summed E-state index contributed by atoms with van der Waals surface area (Å²) < 4.78 is 0. The van der Waals surface area contributed by atoms with E-state index in [1.807, 2.05) is 12.1 Å². The molecule has 18 heavy (non-hydrogen) atoms. The van der Waals surface area contributed by atoms with E-state index in [2.05, 4.69) is 4.98 Å². The van der Waals surface area contributed by atoms with E-state index in [0.717, 1.165) is 4.90 Å². The van der Waals surface area contributed by atoms with Crippen molar-refractivity contribution in [3.63, 3.8) is 0 Å². The maximum atomic E-state index is 11.3. The van der Waals surface area contributed by atoms with Gasteiger partial charge in [0.15, 0.2) is 0 Å². The second-order valence-electron chi connectivity index (χ2n) is 3.55. The number of anilines is 1. The van der Waals surface area contributed by atoms with Gasteiger partial charge in [0, 0.05) is 9.92 Å². The lowest BCUT2D eigenvalue weighted by Gasteiger charge is -2.06. The summed E-state index contributed by atoms with van der Waals surface area (Å²) in [4.78, 5) is 16.3. The van der Waals surface area contributed by atoms with Crippen LogP contribution in [-0.2, 0) is 0 Å². The van der Waals surface area contributed by atoms with Crippen molar-refractivity contribution in [2.45, 2.75) is 9.92 Å². The number of nitrogens with two attached hydrogens (primary N) is 2. The van der Waals surface area contributed by atoms with Crippen LogP contribution in [0.3, 0.4) is 0 Å². The molecular formula is C12H10ClN3OS. The normalized spacial score (nSPS) is 10.3. The molecule has 0 saturated carbocycles. The fourth-order valence-electron chi connectivity index (χ4n) is 1.37. The van der Waals surface area contributed by atoms with Crippen LogP contribution in [0, 0.1) is 0 Å². The molecule has 1 heterocycles.